The summed E-state index contributed by atoms with van der Waals surface area (Å²) in [6.07, 6.45) is 2.63. The summed E-state index contributed by atoms with van der Waals surface area (Å²) in [6.45, 7) is 7.11. The first-order valence-electron chi connectivity index (χ1n) is 7.20. The Morgan fingerprint density at radius 2 is 1.90 bits per heavy atom. The van der Waals surface area contributed by atoms with Gasteiger partial charge in [-0.3, -0.25) is 0 Å². The van der Waals surface area contributed by atoms with Crippen molar-refractivity contribution in [3.8, 4) is 0 Å². The van der Waals surface area contributed by atoms with Crippen molar-refractivity contribution in [1.82, 2.24) is 9.97 Å². The minimum absolute atomic E-state index is 0.0753. The predicted molar refractivity (Wildman–Crippen MR) is 89.0 cm³/mol. The molecule has 1 atom stereocenters. The number of hydrogen-bond donors (Lipinski definition) is 2. The van der Waals surface area contributed by atoms with Gasteiger partial charge in [-0.15, -0.1) is 0 Å². The van der Waals surface area contributed by atoms with Gasteiger partial charge in [0.05, 0.1) is 6.04 Å². The van der Waals surface area contributed by atoms with Gasteiger partial charge in [-0.25, -0.2) is 9.97 Å². The molecule has 5 heteroatoms. The molecule has 0 spiro atoms. The van der Waals surface area contributed by atoms with E-state index in [9.17, 15) is 0 Å². The minimum atomic E-state index is 0.0753. The lowest BCUT2D eigenvalue weighted by Gasteiger charge is -2.18. The average molecular weight is 305 g/mol. The van der Waals surface area contributed by atoms with Gasteiger partial charge in [0.1, 0.15) is 18.0 Å². The van der Waals surface area contributed by atoms with Crippen LogP contribution in [0.5, 0.6) is 0 Å². The molecule has 0 saturated carbocycles. The molecule has 2 aromatic rings. The number of nitrogens with one attached hydrogen (secondary N) is 2. The Labute approximate surface area is 131 Å². The van der Waals surface area contributed by atoms with Crippen LogP contribution in [0.1, 0.15) is 37.4 Å². The highest BCUT2D eigenvalue weighted by molar-refractivity contribution is 6.31. The second kappa shape index (κ2) is 7.27. The second-order valence-electron chi connectivity index (χ2n) is 5.01. The van der Waals surface area contributed by atoms with Crippen LogP contribution in [-0.2, 0) is 0 Å². The molecule has 0 saturated heterocycles. The lowest BCUT2D eigenvalue weighted by molar-refractivity contribution is 0.867. The number of hydrogen-bond acceptors (Lipinski definition) is 4. The fourth-order valence-corrected chi connectivity index (χ4v) is 2.43. The van der Waals surface area contributed by atoms with Gasteiger partial charge in [0.2, 0.25) is 0 Å². The molecule has 21 heavy (non-hydrogen) atoms. The van der Waals surface area contributed by atoms with Crippen molar-refractivity contribution in [1.29, 1.82) is 0 Å². The van der Waals surface area contributed by atoms with Gasteiger partial charge >= 0.3 is 0 Å². The maximum absolute atomic E-state index is 6.24. The molecule has 1 aromatic carbocycles. The molecule has 1 heterocycles. The molecule has 112 valence electrons. The molecule has 0 aliphatic carbocycles. The van der Waals surface area contributed by atoms with E-state index >= 15 is 0 Å². The van der Waals surface area contributed by atoms with E-state index in [1.54, 1.807) is 6.33 Å². The van der Waals surface area contributed by atoms with E-state index in [-0.39, 0.29) is 6.04 Å². The van der Waals surface area contributed by atoms with E-state index < -0.39 is 0 Å². The third-order valence-electron chi connectivity index (χ3n) is 3.35. The largest absolute Gasteiger partial charge is 0.370 e. The zero-order valence-corrected chi connectivity index (χ0v) is 13.4. The fourth-order valence-electron chi connectivity index (χ4n) is 2.13. The van der Waals surface area contributed by atoms with Crippen LogP contribution in [0, 0.1) is 6.92 Å². The number of benzene rings is 1. The summed E-state index contributed by atoms with van der Waals surface area (Å²) in [5, 5.41) is 7.48. The summed E-state index contributed by atoms with van der Waals surface area (Å²) in [5.74, 6) is 1.71. The van der Waals surface area contributed by atoms with Crippen molar-refractivity contribution in [2.45, 2.75) is 33.2 Å². The van der Waals surface area contributed by atoms with E-state index in [2.05, 4.69) is 34.4 Å². The number of nitrogens with zero attached hydrogens (tertiary/aromatic N) is 2. The van der Waals surface area contributed by atoms with Crippen molar-refractivity contribution in [3.05, 3.63) is 46.7 Å². The highest BCUT2D eigenvalue weighted by Crippen LogP contribution is 2.27. The Kier molecular flexibility index (Phi) is 5.39. The van der Waals surface area contributed by atoms with Crippen molar-refractivity contribution in [2.24, 2.45) is 0 Å². The van der Waals surface area contributed by atoms with Gasteiger partial charge in [0, 0.05) is 17.1 Å². The second-order valence-corrected chi connectivity index (χ2v) is 5.42. The quantitative estimate of drug-likeness (QED) is 0.828. The fraction of sp³-hybridized carbons (Fsp3) is 0.375. The predicted octanol–water partition coefficient (Wildman–Crippen LogP) is 4.43. The molecule has 2 rings (SSSR count). The van der Waals surface area contributed by atoms with Crippen LogP contribution in [0.4, 0.5) is 11.6 Å². The first kappa shape index (κ1) is 15.6. The first-order chi connectivity index (χ1) is 10.1. The minimum Gasteiger partial charge on any atom is -0.370 e. The molecule has 1 unspecified atom stereocenters. The molecule has 1 aromatic heterocycles. The van der Waals surface area contributed by atoms with Crippen LogP contribution in [0.15, 0.2) is 30.6 Å². The number of halogens is 1. The highest BCUT2D eigenvalue weighted by atomic mass is 35.5. The van der Waals surface area contributed by atoms with E-state index in [0.717, 1.165) is 40.8 Å². The maximum Gasteiger partial charge on any atom is 0.134 e. The molecule has 2 N–H and O–H groups in total. The van der Waals surface area contributed by atoms with Gasteiger partial charge in [-0.1, -0.05) is 36.7 Å². The van der Waals surface area contributed by atoms with Crippen molar-refractivity contribution in [3.63, 3.8) is 0 Å². The summed E-state index contributed by atoms with van der Waals surface area (Å²) in [6, 6.07) is 7.91. The Morgan fingerprint density at radius 1 is 1.19 bits per heavy atom. The standard InChI is InChI=1S/C16H21ClN4/c1-4-9-18-15-11(2)16(20-10-19-15)21-12(3)13-7-5-6-8-14(13)17/h5-8,10,12H,4,9H2,1-3H3,(H2,18,19,20,21). The van der Waals surface area contributed by atoms with Gasteiger partial charge in [-0.05, 0) is 31.9 Å². The third-order valence-corrected chi connectivity index (χ3v) is 3.70. The molecule has 0 aliphatic rings. The van der Waals surface area contributed by atoms with E-state index in [1.165, 1.54) is 0 Å². The van der Waals surface area contributed by atoms with Gasteiger partial charge in [0.15, 0.2) is 0 Å². The lowest BCUT2D eigenvalue weighted by Crippen LogP contribution is -2.12. The SMILES string of the molecule is CCCNc1ncnc(NC(C)c2ccccc2Cl)c1C. The van der Waals surface area contributed by atoms with Crippen LogP contribution in [0.3, 0.4) is 0 Å². The van der Waals surface area contributed by atoms with E-state index in [0.29, 0.717) is 0 Å². The maximum atomic E-state index is 6.24. The van der Waals surface area contributed by atoms with Crippen LogP contribution in [-0.4, -0.2) is 16.5 Å². The van der Waals surface area contributed by atoms with Crippen LogP contribution in [0.2, 0.25) is 5.02 Å². The zero-order chi connectivity index (χ0) is 15.2. The summed E-state index contributed by atoms with van der Waals surface area (Å²) in [4.78, 5) is 8.62. The molecule has 0 fully saturated rings. The highest BCUT2D eigenvalue weighted by Gasteiger charge is 2.12. The van der Waals surface area contributed by atoms with Crippen molar-refractivity contribution in [2.75, 3.05) is 17.2 Å². The van der Waals surface area contributed by atoms with Crippen molar-refractivity contribution >= 4 is 23.2 Å². The monoisotopic (exact) mass is 304 g/mol. The lowest BCUT2D eigenvalue weighted by atomic mass is 10.1. The average Bonchev–Trinajstić information content (AvgIpc) is 2.48. The van der Waals surface area contributed by atoms with Gasteiger partial charge in [0.25, 0.3) is 0 Å². The van der Waals surface area contributed by atoms with E-state index in [1.807, 2.05) is 31.2 Å². The van der Waals surface area contributed by atoms with Crippen LogP contribution < -0.4 is 10.6 Å². The molecule has 0 aliphatic heterocycles. The molecule has 4 nitrogen and oxygen atoms in total. The molecular weight excluding hydrogens is 284 g/mol. The van der Waals surface area contributed by atoms with Crippen LogP contribution in [0.25, 0.3) is 0 Å². The summed E-state index contributed by atoms with van der Waals surface area (Å²) in [5.41, 5.74) is 2.07. The topological polar surface area (TPSA) is 49.8 Å². The van der Waals surface area contributed by atoms with Crippen LogP contribution >= 0.6 is 11.6 Å². The summed E-state index contributed by atoms with van der Waals surface area (Å²) in [7, 11) is 0. The Bertz CT molecular complexity index is 601. The first-order valence-corrected chi connectivity index (χ1v) is 7.57. The van der Waals surface area contributed by atoms with E-state index in [4.69, 9.17) is 11.6 Å². The summed E-state index contributed by atoms with van der Waals surface area (Å²) < 4.78 is 0. The zero-order valence-electron chi connectivity index (χ0n) is 12.7. The Morgan fingerprint density at radius 3 is 2.62 bits per heavy atom. The van der Waals surface area contributed by atoms with Gasteiger partial charge in [-0.2, -0.15) is 0 Å². The Hall–Kier alpha value is -1.81. The number of anilines is 2. The molecule has 0 radical (unpaired) electrons. The third kappa shape index (κ3) is 3.85. The van der Waals surface area contributed by atoms with Crippen molar-refractivity contribution < 1.29 is 0 Å². The number of rotatable bonds is 6. The normalized spacial score (nSPS) is 12.0. The number of aromatic nitrogens is 2. The molecule has 0 bridgehead atoms. The summed E-state index contributed by atoms with van der Waals surface area (Å²) >= 11 is 6.24. The molecule has 0 amide bonds. The van der Waals surface area contributed by atoms with Gasteiger partial charge < -0.3 is 10.6 Å². The Balaban J connectivity index is 2.18. The smallest absolute Gasteiger partial charge is 0.134 e. The molecular formula is C16H21ClN4.